The van der Waals surface area contributed by atoms with Crippen molar-refractivity contribution >= 4 is 66.5 Å². The predicted octanol–water partition coefficient (Wildman–Crippen LogP) is 4.29. The smallest absolute Gasteiger partial charge is 0.196 e. The van der Waals surface area contributed by atoms with Gasteiger partial charge in [0, 0.05) is 46.8 Å². The van der Waals surface area contributed by atoms with Crippen LogP contribution in [-0.2, 0) is 14.1 Å². The summed E-state index contributed by atoms with van der Waals surface area (Å²) in [7, 11) is 3.59. The second kappa shape index (κ2) is 7.33. The van der Waals surface area contributed by atoms with Crippen LogP contribution in [0.1, 0.15) is 11.1 Å². The number of aryl methyl sites for hydroxylation is 2. The van der Waals surface area contributed by atoms with E-state index in [9.17, 15) is 19.2 Å². The van der Waals surface area contributed by atoms with Crippen LogP contribution in [0.4, 0.5) is 0 Å². The van der Waals surface area contributed by atoms with E-state index < -0.39 is 0 Å². The van der Waals surface area contributed by atoms with E-state index in [0.717, 1.165) is 0 Å². The molecule has 0 unspecified atom stereocenters. The fourth-order valence-electron chi connectivity index (χ4n) is 5.55. The molecule has 0 N–H and O–H groups in total. The Bertz CT molecular complexity index is 2240. The van der Waals surface area contributed by atoms with Crippen molar-refractivity contribution in [2.45, 2.75) is 0 Å². The van der Waals surface area contributed by atoms with E-state index >= 15 is 0 Å². The van der Waals surface area contributed by atoms with E-state index in [-0.39, 0.29) is 38.2 Å². The maximum absolute atomic E-state index is 13.6. The average Bonchev–Trinajstić information content (AvgIpc) is 2.90. The van der Waals surface area contributed by atoms with Crippen LogP contribution < -0.4 is 21.7 Å². The molecular weight excluding hydrogens is 452 g/mol. The van der Waals surface area contributed by atoms with Crippen molar-refractivity contribution < 1.29 is 0 Å². The first-order valence-corrected chi connectivity index (χ1v) is 11.4. The van der Waals surface area contributed by atoms with E-state index in [1.54, 1.807) is 62.6 Å². The van der Waals surface area contributed by atoms with Crippen LogP contribution in [0.5, 0.6) is 0 Å². The molecule has 0 aliphatic rings. The zero-order valence-electron chi connectivity index (χ0n) is 19.7. The van der Waals surface area contributed by atoms with Gasteiger partial charge in [0.2, 0.25) is 0 Å². The molecule has 6 nitrogen and oxygen atoms in total. The molecule has 0 fully saturated rings. The molecule has 0 radical (unpaired) electrons. The molecular formula is C30H20N2O4. The van der Waals surface area contributed by atoms with Gasteiger partial charge in [0.05, 0.1) is 32.8 Å². The molecule has 0 saturated carbocycles. The lowest BCUT2D eigenvalue weighted by molar-refractivity contribution is 0.942. The van der Waals surface area contributed by atoms with Crippen molar-refractivity contribution in [3.8, 4) is 0 Å². The van der Waals surface area contributed by atoms with Crippen LogP contribution >= 0.6 is 0 Å². The molecule has 0 spiro atoms. The Kier molecular flexibility index (Phi) is 4.41. The van der Waals surface area contributed by atoms with Crippen LogP contribution in [0.15, 0.2) is 80.9 Å². The quantitative estimate of drug-likeness (QED) is 0.278. The van der Waals surface area contributed by atoms with E-state index in [0.29, 0.717) is 49.0 Å². The van der Waals surface area contributed by atoms with Crippen LogP contribution in [0.25, 0.3) is 66.5 Å². The zero-order chi connectivity index (χ0) is 25.5. The number of aromatic nitrogens is 2. The van der Waals surface area contributed by atoms with Crippen LogP contribution in [0.2, 0.25) is 0 Å². The second-order valence-electron chi connectivity index (χ2n) is 8.93. The molecule has 0 atom stereocenters. The van der Waals surface area contributed by atoms with Crippen LogP contribution in [-0.4, -0.2) is 9.13 Å². The van der Waals surface area contributed by atoms with Gasteiger partial charge in [-0.15, -0.1) is 0 Å². The Balaban J connectivity index is 1.96. The summed E-state index contributed by atoms with van der Waals surface area (Å²) in [6.07, 6.45) is 2.77. The van der Waals surface area contributed by atoms with E-state index in [4.69, 9.17) is 0 Å². The van der Waals surface area contributed by atoms with Gasteiger partial charge >= 0.3 is 0 Å². The SMILES string of the molecule is C=Cc1c(C=C)c(=O)c2c(ccc3c2n(C)c2ccc4c(=O)c5ccccc5c(=O)c4c2n3C)c1=O. The highest BCUT2D eigenvalue weighted by molar-refractivity contribution is 6.14. The minimum Gasteiger partial charge on any atom is -0.341 e. The molecule has 0 aliphatic heterocycles. The first-order valence-electron chi connectivity index (χ1n) is 11.4. The Hall–Kier alpha value is -4.84. The molecule has 6 rings (SSSR count). The third-order valence-electron chi connectivity index (χ3n) is 7.25. The van der Waals surface area contributed by atoms with E-state index in [1.807, 2.05) is 9.13 Å². The number of nitrogens with zero attached hydrogens (tertiary/aromatic N) is 2. The maximum atomic E-state index is 13.6. The van der Waals surface area contributed by atoms with Gasteiger partial charge in [0.15, 0.2) is 21.7 Å². The first-order chi connectivity index (χ1) is 17.3. The molecule has 6 heteroatoms. The molecule has 1 heterocycles. The molecule has 0 amide bonds. The summed E-state index contributed by atoms with van der Waals surface area (Å²) in [6.45, 7) is 7.43. The molecule has 174 valence electrons. The monoisotopic (exact) mass is 472 g/mol. The van der Waals surface area contributed by atoms with Crippen molar-refractivity contribution in [2.24, 2.45) is 14.1 Å². The zero-order valence-corrected chi connectivity index (χ0v) is 19.7. The highest BCUT2D eigenvalue weighted by Crippen LogP contribution is 2.30. The first kappa shape index (κ1) is 21.7. The highest BCUT2D eigenvalue weighted by atomic mass is 16.1. The van der Waals surface area contributed by atoms with Crippen molar-refractivity contribution in [1.82, 2.24) is 9.13 Å². The normalized spacial score (nSPS) is 11.7. The fourth-order valence-corrected chi connectivity index (χ4v) is 5.55. The van der Waals surface area contributed by atoms with Gasteiger partial charge < -0.3 is 9.13 Å². The summed E-state index contributed by atoms with van der Waals surface area (Å²) in [5, 5.41) is 2.01. The Labute approximate surface area is 203 Å². The van der Waals surface area contributed by atoms with Crippen molar-refractivity contribution in [2.75, 3.05) is 0 Å². The van der Waals surface area contributed by atoms with Crippen molar-refractivity contribution in [3.63, 3.8) is 0 Å². The number of benzene rings is 5. The molecule has 6 aromatic rings. The van der Waals surface area contributed by atoms with Crippen LogP contribution in [0.3, 0.4) is 0 Å². The van der Waals surface area contributed by atoms with E-state index in [1.165, 1.54) is 12.2 Å². The molecule has 36 heavy (non-hydrogen) atoms. The number of fused-ring (bicyclic) bond motifs is 7. The molecule has 0 aliphatic carbocycles. The van der Waals surface area contributed by atoms with E-state index in [2.05, 4.69) is 13.2 Å². The van der Waals surface area contributed by atoms with Gasteiger partial charge in [-0.05, 0) is 24.3 Å². The summed E-state index contributed by atoms with van der Waals surface area (Å²) in [5.74, 6) is 0. The standard InChI is InChI=1S/C30H20N2O4/c1-5-15-16(6-2)29(35)23-19(27(15)33)11-13-21-25(23)31(3)22-14-12-20-24(26(22)32(21)4)30(36)18-10-8-7-9-17(18)28(20)34/h5-14H,1-2H2,3-4H3. The largest absolute Gasteiger partial charge is 0.341 e. The summed E-state index contributed by atoms with van der Waals surface area (Å²) in [4.78, 5) is 53.7. The number of hydrogen-bond acceptors (Lipinski definition) is 4. The Morgan fingerprint density at radius 3 is 1.53 bits per heavy atom. The minimum atomic E-state index is -0.312. The number of hydrogen-bond donors (Lipinski definition) is 0. The second-order valence-corrected chi connectivity index (χ2v) is 8.93. The average molecular weight is 473 g/mol. The fraction of sp³-hybridized carbons (Fsp3) is 0.0667. The third-order valence-corrected chi connectivity index (χ3v) is 7.25. The summed E-state index contributed by atoms with van der Waals surface area (Å²) < 4.78 is 3.63. The van der Waals surface area contributed by atoms with Crippen LogP contribution in [0, 0.1) is 0 Å². The van der Waals surface area contributed by atoms with Crippen molar-refractivity contribution in [1.29, 1.82) is 0 Å². The van der Waals surface area contributed by atoms with Gasteiger partial charge in [-0.3, -0.25) is 19.2 Å². The third kappa shape index (κ3) is 2.50. The maximum Gasteiger partial charge on any atom is 0.196 e. The Morgan fingerprint density at radius 1 is 0.556 bits per heavy atom. The minimum absolute atomic E-state index is 0.200. The lowest BCUT2D eigenvalue weighted by Gasteiger charge is -2.19. The van der Waals surface area contributed by atoms with Gasteiger partial charge in [-0.1, -0.05) is 49.6 Å². The predicted molar refractivity (Wildman–Crippen MR) is 148 cm³/mol. The van der Waals surface area contributed by atoms with Gasteiger partial charge in [0.1, 0.15) is 0 Å². The lowest BCUT2D eigenvalue weighted by Crippen LogP contribution is -2.20. The molecule has 5 aromatic carbocycles. The summed E-state index contributed by atoms with van der Waals surface area (Å²) >= 11 is 0. The van der Waals surface area contributed by atoms with Gasteiger partial charge in [-0.2, -0.15) is 0 Å². The number of rotatable bonds is 2. The molecule has 0 saturated heterocycles. The van der Waals surface area contributed by atoms with Gasteiger partial charge in [-0.25, -0.2) is 0 Å². The Morgan fingerprint density at radius 2 is 1.00 bits per heavy atom. The summed E-state index contributed by atoms with van der Waals surface area (Å²) in [5.41, 5.74) is 1.84. The highest BCUT2D eigenvalue weighted by Gasteiger charge is 2.21. The lowest BCUT2D eigenvalue weighted by atomic mass is 9.97. The van der Waals surface area contributed by atoms with Gasteiger partial charge in [0.25, 0.3) is 0 Å². The summed E-state index contributed by atoms with van der Waals surface area (Å²) in [6, 6.07) is 13.7. The molecule has 0 bridgehead atoms. The topological polar surface area (TPSA) is 78.1 Å². The molecule has 1 aromatic heterocycles. The van der Waals surface area contributed by atoms with Crippen molar-refractivity contribution in [3.05, 3.63) is 114 Å².